The van der Waals surface area contributed by atoms with E-state index >= 15 is 0 Å². The summed E-state index contributed by atoms with van der Waals surface area (Å²) in [6, 6.07) is -0.547. The summed E-state index contributed by atoms with van der Waals surface area (Å²) in [5.74, 6) is 0. The molecule has 0 aromatic rings. The van der Waals surface area contributed by atoms with Crippen LogP contribution in [0, 0.1) is 0 Å². The van der Waals surface area contributed by atoms with Gasteiger partial charge in [-0.25, -0.2) is 0 Å². The van der Waals surface area contributed by atoms with Crippen LogP contribution in [0.15, 0.2) is 0 Å². The molecule has 5 nitrogen and oxygen atoms in total. The molecule has 0 aliphatic rings. The third kappa shape index (κ3) is 4.04. The number of hydrogen-bond acceptors (Lipinski definition) is 3. The Morgan fingerprint density at radius 3 is 2.15 bits per heavy atom. The van der Waals surface area contributed by atoms with Gasteiger partial charge in [0.25, 0.3) is 10.2 Å². The molecule has 0 aromatic heterocycles. The van der Waals surface area contributed by atoms with Crippen LogP contribution >= 0.6 is 0 Å². The van der Waals surface area contributed by atoms with Crippen molar-refractivity contribution < 1.29 is 13.5 Å². The molecule has 0 rings (SSSR count). The summed E-state index contributed by atoms with van der Waals surface area (Å²) in [5, 5.41) is 8.67. The average molecular weight is 210 g/mol. The molecule has 0 amide bonds. The van der Waals surface area contributed by atoms with Gasteiger partial charge in [0.1, 0.15) is 0 Å². The maximum atomic E-state index is 11.4. The fourth-order valence-electron chi connectivity index (χ4n) is 0.652. The van der Waals surface area contributed by atoms with Crippen LogP contribution < -0.4 is 4.72 Å². The third-order valence-corrected chi connectivity index (χ3v) is 3.61. The Bertz CT molecular complexity index is 238. The quantitative estimate of drug-likeness (QED) is 0.645. The lowest BCUT2D eigenvalue weighted by Crippen LogP contribution is -2.46. The lowest BCUT2D eigenvalue weighted by Gasteiger charge is -2.23. The van der Waals surface area contributed by atoms with Crippen molar-refractivity contribution in [3.8, 4) is 0 Å². The fourth-order valence-corrected chi connectivity index (χ4v) is 1.96. The topological polar surface area (TPSA) is 69.6 Å². The van der Waals surface area contributed by atoms with Gasteiger partial charge in [0.05, 0.1) is 6.61 Å². The van der Waals surface area contributed by atoms with Gasteiger partial charge in [-0.05, 0) is 20.8 Å². The van der Waals surface area contributed by atoms with Gasteiger partial charge in [0, 0.05) is 19.1 Å². The third-order valence-electron chi connectivity index (χ3n) is 1.73. The first kappa shape index (κ1) is 12.8. The van der Waals surface area contributed by atoms with Crippen molar-refractivity contribution >= 4 is 10.2 Å². The van der Waals surface area contributed by atoms with E-state index in [1.54, 1.807) is 20.8 Å². The molecule has 0 saturated carbocycles. The molecule has 1 unspecified atom stereocenters. The Labute approximate surface area is 79.9 Å². The monoisotopic (exact) mass is 210 g/mol. The first-order valence-corrected chi connectivity index (χ1v) is 5.61. The Balaban J connectivity index is 4.41. The second-order valence-corrected chi connectivity index (χ2v) is 5.08. The van der Waals surface area contributed by atoms with Crippen molar-refractivity contribution in [2.75, 3.05) is 13.7 Å². The zero-order valence-electron chi connectivity index (χ0n) is 8.48. The minimum atomic E-state index is -3.45. The summed E-state index contributed by atoms with van der Waals surface area (Å²) in [5.41, 5.74) is 0. The highest BCUT2D eigenvalue weighted by Crippen LogP contribution is 2.01. The predicted molar refractivity (Wildman–Crippen MR) is 51.5 cm³/mol. The molecule has 0 fully saturated rings. The first-order valence-electron chi connectivity index (χ1n) is 4.17. The van der Waals surface area contributed by atoms with Gasteiger partial charge in [-0.3, -0.25) is 0 Å². The van der Waals surface area contributed by atoms with Gasteiger partial charge >= 0.3 is 0 Å². The summed E-state index contributed by atoms with van der Waals surface area (Å²) < 4.78 is 26.4. The maximum Gasteiger partial charge on any atom is 0.279 e. The van der Waals surface area contributed by atoms with E-state index in [2.05, 4.69) is 4.72 Å². The van der Waals surface area contributed by atoms with Crippen molar-refractivity contribution in [3.63, 3.8) is 0 Å². The molecular formula is C7H18N2O3S. The molecule has 13 heavy (non-hydrogen) atoms. The maximum absolute atomic E-state index is 11.4. The van der Waals surface area contributed by atoms with Gasteiger partial charge in [0.15, 0.2) is 0 Å². The summed E-state index contributed by atoms with van der Waals surface area (Å²) in [7, 11) is -1.95. The zero-order valence-corrected chi connectivity index (χ0v) is 9.30. The molecule has 1 atom stereocenters. The molecular weight excluding hydrogens is 192 g/mol. The molecule has 0 aliphatic heterocycles. The van der Waals surface area contributed by atoms with E-state index in [9.17, 15) is 8.42 Å². The van der Waals surface area contributed by atoms with Crippen molar-refractivity contribution in [3.05, 3.63) is 0 Å². The first-order chi connectivity index (χ1) is 5.81. The van der Waals surface area contributed by atoms with Gasteiger partial charge in [-0.1, -0.05) is 0 Å². The lowest BCUT2D eigenvalue weighted by molar-refractivity contribution is 0.262. The normalized spacial score (nSPS) is 15.3. The van der Waals surface area contributed by atoms with Crippen LogP contribution in [0.4, 0.5) is 0 Å². The van der Waals surface area contributed by atoms with Crippen LogP contribution in [-0.2, 0) is 10.2 Å². The van der Waals surface area contributed by atoms with E-state index in [0.29, 0.717) is 0 Å². The van der Waals surface area contributed by atoms with Crippen molar-refractivity contribution in [1.82, 2.24) is 9.03 Å². The van der Waals surface area contributed by atoms with Gasteiger partial charge in [-0.15, -0.1) is 0 Å². The molecule has 0 aromatic carbocycles. The second-order valence-electron chi connectivity index (χ2n) is 3.32. The Morgan fingerprint density at radius 1 is 1.38 bits per heavy atom. The smallest absolute Gasteiger partial charge is 0.279 e. The minimum absolute atomic E-state index is 0.0941. The van der Waals surface area contributed by atoms with Crippen LogP contribution in [0.25, 0.3) is 0 Å². The molecule has 0 spiro atoms. The van der Waals surface area contributed by atoms with E-state index in [-0.39, 0.29) is 12.6 Å². The number of nitrogens with one attached hydrogen (secondary N) is 1. The zero-order chi connectivity index (χ0) is 10.6. The Morgan fingerprint density at radius 2 is 1.85 bits per heavy atom. The van der Waals surface area contributed by atoms with Crippen molar-refractivity contribution in [2.45, 2.75) is 32.9 Å². The largest absolute Gasteiger partial charge is 0.395 e. The van der Waals surface area contributed by atoms with Crippen LogP contribution in [0.1, 0.15) is 20.8 Å². The van der Waals surface area contributed by atoms with Crippen LogP contribution in [0.3, 0.4) is 0 Å². The molecule has 2 N–H and O–H groups in total. The van der Waals surface area contributed by atoms with Crippen molar-refractivity contribution in [1.29, 1.82) is 0 Å². The second kappa shape index (κ2) is 4.90. The Hall–Kier alpha value is -0.170. The van der Waals surface area contributed by atoms with Gasteiger partial charge in [0.2, 0.25) is 0 Å². The lowest BCUT2D eigenvalue weighted by atomic mass is 10.4. The molecule has 0 bridgehead atoms. The van der Waals surface area contributed by atoms with E-state index < -0.39 is 16.3 Å². The highest BCUT2D eigenvalue weighted by atomic mass is 32.2. The molecule has 0 saturated heterocycles. The molecule has 0 radical (unpaired) electrons. The summed E-state index contributed by atoms with van der Waals surface area (Å²) in [6.45, 7) is 4.96. The number of nitrogens with zero attached hydrogens (tertiary/aromatic N) is 1. The number of aliphatic hydroxyl groups excluding tert-OH is 1. The van der Waals surface area contributed by atoms with E-state index in [4.69, 9.17) is 5.11 Å². The van der Waals surface area contributed by atoms with Gasteiger partial charge in [-0.2, -0.15) is 17.4 Å². The molecule has 6 heteroatoms. The Kier molecular flexibility index (Phi) is 4.83. The summed E-state index contributed by atoms with van der Waals surface area (Å²) in [6.07, 6.45) is 0. The van der Waals surface area contributed by atoms with Crippen LogP contribution in [0.2, 0.25) is 0 Å². The summed E-state index contributed by atoms with van der Waals surface area (Å²) in [4.78, 5) is 0. The predicted octanol–water partition coefficient (Wildman–Crippen LogP) is -0.458. The molecule has 0 aliphatic carbocycles. The van der Waals surface area contributed by atoms with Crippen LogP contribution in [-0.4, -0.2) is 43.6 Å². The van der Waals surface area contributed by atoms with Crippen LogP contribution in [0.5, 0.6) is 0 Å². The average Bonchev–Trinajstić information content (AvgIpc) is 2.01. The fraction of sp³-hybridized carbons (Fsp3) is 1.00. The molecule has 80 valence electrons. The van der Waals surface area contributed by atoms with Crippen molar-refractivity contribution in [2.24, 2.45) is 0 Å². The number of rotatable bonds is 5. The van der Waals surface area contributed by atoms with E-state index in [1.807, 2.05) is 0 Å². The summed E-state index contributed by atoms with van der Waals surface area (Å²) >= 11 is 0. The van der Waals surface area contributed by atoms with Gasteiger partial charge < -0.3 is 5.11 Å². The number of aliphatic hydroxyl groups is 1. The van der Waals surface area contributed by atoms with E-state index in [1.165, 1.54) is 11.4 Å². The SMILES string of the molecule is CC(CO)NS(=O)(=O)N(C)C(C)C. The highest BCUT2D eigenvalue weighted by molar-refractivity contribution is 7.87. The highest BCUT2D eigenvalue weighted by Gasteiger charge is 2.21. The standard InChI is InChI=1S/C7H18N2O3S/c1-6(2)9(4)13(11,12)8-7(3)5-10/h6-8,10H,5H2,1-4H3. The minimum Gasteiger partial charge on any atom is -0.395 e. The van der Waals surface area contributed by atoms with E-state index in [0.717, 1.165) is 0 Å². The number of hydrogen-bond donors (Lipinski definition) is 2. The molecule has 0 heterocycles.